The number of aryl methyl sites for hydroxylation is 1. The molecule has 2 aromatic rings. The lowest BCUT2D eigenvalue weighted by atomic mass is 10.0. The third kappa shape index (κ3) is 9.08. The van der Waals surface area contributed by atoms with Crippen LogP contribution in [0, 0.1) is 5.92 Å². The molecular weight excluding hydrogens is 404 g/mol. The molecule has 32 heavy (non-hydrogen) atoms. The first-order chi connectivity index (χ1) is 15.5. The van der Waals surface area contributed by atoms with Gasteiger partial charge in [-0.2, -0.15) is 4.98 Å². The Labute approximate surface area is 191 Å². The van der Waals surface area contributed by atoms with E-state index in [2.05, 4.69) is 41.4 Å². The number of aromatic nitrogens is 4. The van der Waals surface area contributed by atoms with E-state index in [9.17, 15) is 4.79 Å². The molecule has 0 spiro atoms. The van der Waals surface area contributed by atoms with Crippen LogP contribution in [0.1, 0.15) is 65.5 Å². The Morgan fingerprint density at radius 3 is 2.75 bits per heavy atom. The molecule has 8 heteroatoms. The number of hydrogen-bond acceptors (Lipinski definition) is 6. The first-order valence-corrected chi connectivity index (χ1v) is 11.7. The Bertz CT molecular complexity index is 820. The van der Waals surface area contributed by atoms with Gasteiger partial charge >= 0.3 is 0 Å². The molecule has 2 N–H and O–H groups in total. The fourth-order valence-electron chi connectivity index (χ4n) is 3.29. The maximum Gasteiger partial charge on any atom is 0.242 e. The first-order valence-electron chi connectivity index (χ1n) is 11.7. The first kappa shape index (κ1) is 25.4. The van der Waals surface area contributed by atoms with Crippen LogP contribution in [0.25, 0.3) is 5.95 Å². The number of ether oxygens (including phenoxy) is 1. The summed E-state index contributed by atoms with van der Waals surface area (Å²) in [6.07, 6.45) is 14.9. The van der Waals surface area contributed by atoms with Crippen molar-refractivity contribution < 1.29 is 9.53 Å². The van der Waals surface area contributed by atoms with Crippen LogP contribution in [0.2, 0.25) is 0 Å². The average Bonchev–Trinajstić information content (AvgIpc) is 3.31. The average molecular weight is 443 g/mol. The van der Waals surface area contributed by atoms with Gasteiger partial charge in [0.1, 0.15) is 18.2 Å². The molecule has 0 aliphatic carbocycles. The van der Waals surface area contributed by atoms with Gasteiger partial charge in [-0.1, -0.05) is 40.0 Å². The van der Waals surface area contributed by atoms with E-state index >= 15 is 0 Å². The SMILES string of the molecule is CCCCCCc1cc(N[C@@H](CC(C)C)C(=O)NC/C=C/OCC)nc(-n2ccnc2)n1. The van der Waals surface area contributed by atoms with Crippen molar-refractivity contribution in [1.29, 1.82) is 0 Å². The molecule has 0 unspecified atom stereocenters. The summed E-state index contributed by atoms with van der Waals surface area (Å²) >= 11 is 0. The largest absolute Gasteiger partial charge is 0.502 e. The molecule has 0 aliphatic rings. The number of imidazole rings is 1. The predicted molar refractivity (Wildman–Crippen MR) is 128 cm³/mol. The minimum Gasteiger partial charge on any atom is -0.502 e. The summed E-state index contributed by atoms with van der Waals surface area (Å²) in [5.41, 5.74) is 0.964. The summed E-state index contributed by atoms with van der Waals surface area (Å²) in [4.78, 5) is 26.3. The molecule has 2 rings (SSSR count). The highest BCUT2D eigenvalue weighted by atomic mass is 16.5. The molecule has 0 radical (unpaired) electrons. The Morgan fingerprint density at radius 1 is 1.22 bits per heavy atom. The van der Waals surface area contributed by atoms with Crippen LogP contribution >= 0.6 is 0 Å². The predicted octanol–water partition coefficient (Wildman–Crippen LogP) is 4.28. The number of rotatable bonds is 15. The molecule has 0 fully saturated rings. The van der Waals surface area contributed by atoms with Crippen LogP contribution in [-0.2, 0) is 16.0 Å². The highest BCUT2D eigenvalue weighted by Crippen LogP contribution is 2.16. The van der Waals surface area contributed by atoms with Gasteiger partial charge in [0.05, 0.1) is 12.9 Å². The van der Waals surface area contributed by atoms with Gasteiger partial charge in [-0.25, -0.2) is 9.97 Å². The number of carbonyl (C=O) groups excluding carboxylic acids is 1. The lowest BCUT2D eigenvalue weighted by molar-refractivity contribution is -0.121. The van der Waals surface area contributed by atoms with E-state index in [0.717, 1.165) is 18.5 Å². The van der Waals surface area contributed by atoms with Crippen LogP contribution in [-0.4, -0.2) is 44.6 Å². The number of anilines is 1. The Morgan fingerprint density at radius 2 is 2.06 bits per heavy atom. The van der Waals surface area contributed by atoms with Gasteiger partial charge in [-0.15, -0.1) is 0 Å². The van der Waals surface area contributed by atoms with Crippen molar-refractivity contribution >= 4 is 11.7 Å². The molecule has 1 amide bonds. The maximum absolute atomic E-state index is 12.9. The monoisotopic (exact) mass is 442 g/mol. The Hall–Kier alpha value is -2.90. The van der Waals surface area contributed by atoms with Crippen LogP contribution in [0.3, 0.4) is 0 Å². The van der Waals surface area contributed by atoms with Crippen LogP contribution < -0.4 is 10.6 Å². The van der Waals surface area contributed by atoms with Crippen LogP contribution in [0.4, 0.5) is 5.82 Å². The molecule has 0 saturated carbocycles. The fraction of sp³-hybridized carbons (Fsp3) is 0.583. The summed E-state index contributed by atoms with van der Waals surface area (Å²) in [5, 5.41) is 6.30. The molecule has 8 nitrogen and oxygen atoms in total. The molecule has 0 saturated heterocycles. The normalized spacial score (nSPS) is 12.3. The second kappa shape index (κ2) is 14.2. The molecule has 0 aromatic carbocycles. The molecule has 176 valence electrons. The van der Waals surface area contributed by atoms with E-state index in [0.29, 0.717) is 37.3 Å². The van der Waals surface area contributed by atoms with Crippen molar-refractivity contribution in [2.75, 3.05) is 18.5 Å². The summed E-state index contributed by atoms with van der Waals surface area (Å²) in [7, 11) is 0. The van der Waals surface area contributed by atoms with Crippen molar-refractivity contribution in [2.45, 2.75) is 72.3 Å². The number of nitrogens with one attached hydrogen (secondary N) is 2. The molecule has 2 heterocycles. The zero-order chi connectivity index (χ0) is 23.2. The lowest BCUT2D eigenvalue weighted by Gasteiger charge is -2.21. The molecule has 0 bridgehead atoms. The van der Waals surface area contributed by atoms with Gasteiger partial charge in [0.15, 0.2) is 0 Å². The molecule has 1 atom stereocenters. The fourth-order valence-corrected chi connectivity index (χ4v) is 3.29. The zero-order valence-corrected chi connectivity index (χ0v) is 19.9. The minimum absolute atomic E-state index is 0.0628. The standard InChI is InChI=1S/C24H38N6O2/c1-5-7-8-9-11-20-17-22(29-24(27-20)30-14-13-25-18-30)28-21(16-19(3)4)23(31)26-12-10-15-32-6-2/h10,13-15,17-19,21H,5-9,11-12,16H2,1-4H3,(H,26,31)(H,27,28,29)/b15-10+/t21-/m0/s1. The number of carbonyl (C=O) groups is 1. The molecular formula is C24H38N6O2. The Balaban J connectivity index is 2.16. The minimum atomic E-state index is -0.394. The van der Waals surface area contributed by atoms with Gasteiger partial charge in [-0.05, 0) is 38.2 Å². The van der Waals surface area contributed by atoms with Gasteiger partial charge in [-0.3, -0.25) is 9.36 Å². The van der Waals surface area contributed by atoms with Crippen molar-refractivity contribution in [3.05, 3.63) is 42.8 Å². The van der Waals surface area contributed by atoms with E-state index in [-0.39, 0.29) is 5.91 Å². The molecule has 2 aromatic heterocycles. The third-order valence-corrected chi connectivity index (χ3v) is 4.89. The third-order valence-electron chi connectivity index (χ3n) is 4.89. The summed E-state index contributed by atoms with van der Waals surface area (Å²) in [6, 6.07) is 1.57. The smallest absolute Gasteiger partial charge is 0.242 e. The second-order valence-corrected chi connectivity index (χ2v) is 8.22. The molecule has 0 aliphatic heterocycles. The Kier molecular flexibility index (Phi) is 11.3. The summed E-state index contributed by atoms with van der Waals surface area (Å²) < 4.78 is 6.96. The topological polar surface area (TPSA) is 94.0 Å². The van der Waals surface area contributed by atoms with Gasteiger partial charge in [0.2, 0.25) is 11.9 Å². The number of amides is 1. The van der Waals surface area contributed by atoms with E-state index < -0.39 is 6.04 Å². The van der Waals surface area contributed by atoms with E-state index in [1.54, 1.807) is 29.4 Å². The quantitative estimate of drug-likeness (QED) is 0.316. The summed E-state index contributed by atoms with van der Waals surface area (Å²) in [5.74, 6) is 1.49. The van der Waals surface area contributed by atoms with E-state index in [1.807, 2.05) is 19.2 Å². The second-order valence-electron chi connectivity index (χ2n) is 8.22. The lowest BCUT2D eigenvalue weighted by Crippen LogP contribution is -2.40. The van der Waals surface area contributed by atoms with Crippen LogP contribution in [0.15, 0.2) is 37.1 Å². The number of nitrogens with zero attached hydrogens (tertiary/aromatic N) is 4. The zero-order valence-electron chi connectivity index (χ0n) is 19.9. The van der Waals surface area contributed by atoms with Crippen molar-refractivity contribution in [3.63, 3.8) is 0 Å². The summed E-state index contributed by atoms with van der Waals surface area (Å²) in [6.45, 7) is 9.36. The van der Waals surface area contributed by atoms with Crippen molar-refractivity contribution in [2.24, 2.45) is 5.92 Å². The van der Waals surface area contributed by atoms with Crippen LogP contribution in [0.5, 0.6) is 0 Å². The maximum atomic E-state index is 12.9. The van der Waals surface area contributed by atoms with Crippen molar-refractivity contribution in [3.8, 4) is 5.95 Å². The van der Waals surface area contributed by atoms with E-state index in [4.69, 9.17) is 9.72 Å². The van der Waals surface area contributed by atoms with Gasteiger partial charge < -0.3 is 15.4 Å². The highest BCUT2D eigenvalue weighted by molar-refractivity contribution is 5.84. The number of hydrogen-bond donors (Lipinski definition) is 2. The highest BCUT2D eigenvalue weighted by Gasteiger charge is 2.20. The van der Waals surface area contributed by atoms with Crippen molar-refractivity contribution in [1.82, 2.24) is 24.8 Å². The van der Waals surface area contributed by atoms with Gasteiger partial charge in [0.25, 0.3) is 0 Å². The van der Waals surface area contributed by atoms with E-state index in [1.165, 1.54) is 19.3 Å². The number of unbranched alkanes of at least 4 members (excludes halogenated alkanes) is 3. The van der Waals surface area contributed by atoms with Gasteiger partial charge in [0, 0.05) is 30.7 Å².